The molecule has 0 unspecified atom stereocenters. The van der Waals surface area contributed by atoms with E-state index < -0.39 is 0 Å². The maximum Gasteiger partial charge on any atom is 0.230 e. The number of benzene rings is 2. The van der Waals surface area contributed by atoms with E-state index in [0.717, 1.165) is 30.1 Å². The maximum atomic E-state index is 5.97. The molecular formula is C15H9Br3N2O. The summed E-state index contributed by atoms with van der Waals surface area (Å²) in [6, 6.07) is 13.8. The van der Waals surface area contributed by atoms with Crippen molar-refractivity contribution in [1.82, 2.24) is 5.16 Å². The van der Waals surface area contributed by atoms with Crippen LogP contribution in [0.25, 0.3) is 22.4 Å². The Hall–Kier alpha value is -1.11. The van der Waals surface area contributed by atoms with Crippen LogP contribution < -0.4 is 5.73 Å². The molecule has 0 aliphatic carbocycles. The van der Waals surface area contributed by atoms with Crippen molar-refractivity contribution < 1.29 is 4.52 Å². The normalized spacial score (nSPS) is 10.8. The molecule has 3 nitrogen and oxygen atoms in total. The maximum absolute atomic E-state index is 5.97. The van der Waals surface area contributed by atoms with Gasteiger partial charge in [-0.2, -0.15) is 0 Å². The summed E-state index contributed by atoms with van der Waals surface area (Å²) < 4.78 is 8.08. The van der Waals surface area contributed by atoms with Gasteiger partial charge >= 0.3 is 0 Å². The number of nitrogens with zero attached hydrogens (tertiary/aromatic N) is 1. The summed E-state index contributed by atoms with van der Waals surface area (Å²) in [5, 5.41) is 4.12. The standard InChI is InChI=1S/C15H9Br3N2O/c16-10-3-1-2-8(4-10)13-14(20-21-15(13)19)9-5-11(17)7-12(18)6-9/h1-7H,19H2. The minimum Gasteiger partial charge on any atom is -0.367 e. The van der Waals surface area contributed by atoms with Crippen molar-refractivity contribution in [2.45, 2.75) is 0 Å². The van der Waals surface area contributed by atoms with Crippen LogP contribution in [-0.2, 0) is 0 Å². The van der Waals surface area contributed by atoms with Crippen LogP contribution in [0, 0.1) is 0 Å². The second-order valence-corrected chi connectivity index (χ2v) is 7.19. The van der Waals surface area contributed by atoms with Crippen LogP contribution in [0.15, 0.2) is 60.4 Å². The van der Waals surface area contributed by atoms with Crippen molar-refractivity contribution in [3.63, 3.8) is 0 Å². The Bertz CT molecular complexity index is 794. The van der Waals surface area contributed by atoms with Crippen molar-refractivity contribution in [1.29, 1.82) is 0 Å². The van der Waals surface area contributed by atoms with E-state index in [1.54, 1.807) is 0 Å². The van der Waals surface area contributed by atoms with Crippen molar-refractivity contribution in [2.24, 2.45) is 0 Å². The Kier molecular flexibility index (Phi) is 4.19. The zero-order valence-corrected chi connectivity index (χ0v) is 15.4. The van der Waals surface area contributed by atoms with E-state index in [9.17, 15) is 0 Å². The van der Waals surface area contributed by atoms with Crippen molar-refractivity contribution in [3.8, 4) is 22.4 Å². The first-order chi connectivity index (χ1) is 10.0. The van der Waals surface area contributed by atoms with Gasteiger partial charge < -0.3 is 10.3 Å². The lowest BCUT2D eigenvalue weighted by atomic mass is 10.0. The van der Waals surface area contributed by atoms with Gasteiger partial charge in [0.15, 0.2) is 0 Å². The third-order valence-corrected chi connectivity index (χ3v) is 4.38. The van der Waals surface area contributed by atoms with E-state index in [1.165, 1.54) is 0 Å². The molecule has 0 atom stereocenters. The third kappa shape index (κ3) is 3.07. The highest BCUT2D eigenvalue weighted by molar-refractivity contribution is 9.11. The molecule has 1 heterocycles. The molecule has 0 radical (unpaired) electrons. The molecule has 0 fully saturated rings. The van der Waals surface area contributed by atoms with Crippen LogP contribution in [0.4, 0.5) is 5.88 Å². The lowest BCUT2D eigenvalue weighted by molar-refractivity contribution is 0.439. The SMILES string of the molecule is Nc1onc(-c2cc(Br)cc(Br)c2)c1-c1cccc(Br)c1. The zero-order valence-electron chi connectivity index (χ0n) is 10.6. The quantitative estimate of drug-likeness (QED) is 0.507. The topological polar surface area (TPSA) is 52.0 Å². The molecule has 0 aliphatic heterocycles. The lowest BCUT2D eigenvalue weighted by Gasteiger charge is -2.05. The monoisotopic (exact) mass is 470 g/mol. The summed E-state index contributed by atoms with van der Waals surface area (Å²) in [6.07, 6.45) is 0. The Balaban J connectivity index is 2.21. The second-order valence-electron chi connectivity index (χ2n) is 4.44. The molecule has 1 aromatic heterocycles. The molecule has 0 saturated heterocycles. The minimum atomic E-state index is 0.305. The Labute approximate surface area is 146 Å². The predicted molar refractivity (Wildman–Crippen MR) is 94.9 cm³/mol. The van der Waals surface area contributed by atoms with Gasteiger partial charge in [-0.05, 0) is 35.9 Å². The number of rotatable bonds is 2. The number of hydrogen-bond donors (Lipinski definition) is 1. The number of aromatic nitrogens is 1. The van der Waals surface area contributed by atoms with E-state index in [1.807, 2.05) is 42.5 Å². The van der Waals surface area contributed by atoms with Crippen molar-refractivity contribution in [2.75, 3.05) is 5.73 Å². The number of halogens is 3. The number of anilines is 1. The first-order valence-electron chi connectivity index (χ1n) is 6.02. The van der Waals surface area contributed by atoms with Crippen LogP contribution in [0.1, 0.15) is 0 Å². The molecule has 21 heavy (non-hydrogen) atoms. The fourth-order valence-electron chi connectivity index (χ4n) is 2.11. The highest BCUT2D eigenvalue weighted by Crippen LogP contribution is 2.38. The van der Waals surface area contributed by atoms with Gasteiger partial charge in [0.25, 0.3) is 0 Å². The molecule has 0 aliphatic rings. The van der Waals surface area contributed by atoms with E-state index in [-0.39, 0.29) is 0 Å². The van der Waals surface area contributed by atoms with Gasteiger partial charge in [-0.15, -0.1) is 0 Å². The molecule has 6 heteroatoms. The van der Waals surface area contributed by atoms with Gasteiger partial charge in [-0.25, -0.2) is 0 Å². The Morgan fingerprint density at radius 3 is 2.19 bits per heavy atom. The van der Waals surface area contributed by atoms with Gasteiger partial charge in [-0.3, -0.25) is 0 Å². The summed E-state index contributed by atoms with van der Waals surface area (Å²) in [4.78, 5) is 0. The van der Waals surface area contributed by atoms with Gasteiger partial charge in [0, 0.05) is 19.0 Å². The van der Waals surface area contributed by atoms with Gasteiger partial charge in [0.2, 0.25) is 5.88 Å². The zero-order chi connectivity index (χ0) is 15.0. The average molecular weight is 473 g/mol. The highest BCUT2D eigenvalue weighted by atomic mass is 79.9. The molecule has 3 aromatic rings. The molecule has 2 aromatic carbocycles. The van der Waals surface area contributed by atoms with Crippen LogP contribution in [0.5, 0.6) is 0 Å². The second kappa shape index (κ2) is 5.94. The molecule has 0 spiro atoms. The molecule has 2 N–H and O–H groups in total. The largest absolute Gasteiger partial charge is 0.367 e. The molecule has 106 valence electrons. The van der Waals surface area contributed by atoms with E-state index in [2.05, 4.69) is 52.9 Å². The van der Waals surface area contributed by atoms with Crippen molar-refractivity contribution in [3.05, 3.63) is 55.9 Å². The van der Waals surface area contributed by atoms with E-state index in [0.29, 0.717) is 11.6 Å². The van der Waals surface area contributed by atoms with Gasteiger partial charge in [-0.1, -0.05) is 65.1 Å². The molecule has 0 saturated carbocycles. The van der Waals surface area contributed by atoms with Crippen LogP contribution in [0.2, 0.25) is 0 Å². The average Bonchev–Trinajstić information content (AvgIpc) is 2.79. The minimum absolute atomic E-state index is 0.305. The summed E-state index contributed by atoms with van der Waals surface area (Å²) in [7, 11) is 0. The highest BCUT2D eigenvalue weighted by Gasteiger charge is 2.18. The smallest absolute Gasteiger partial charge is 0.230 e. The van der Waals surface area contributed by atoms with Crippen LogP contribution in [-0.4, -0.2) is 5.16 Å². The van der Waals surface area contributed by atoms with Crippen LogP contribution >= 0.6 is 47.8 Å². The lowest BCUT2D eigenvalue weighted by Crippen LogP contribution is -1.88. The number of nitrogen functional groups attached to an aromatic ring is 1. The number of hydrogen-bond acceptors (Lipinski definition) is 3. The molecule has 3 rings (SSSR count). The third-order valence-electron chi connectivity index (χ3n) is 2.97. The molecular weight excluding hydrogens is 464 g/mol. The first-order valence-corrected chi connectivity index (χ1v) is 8.40. The fraction of sp³-hybridized carbons (Fsp3) is 0. The summed E-state index contributed by atoms with van der Waals surface area (Å²) >= 11 is 10.4. The van der Waals surface area contributed by atoms with Gasteiger partial charge in [0.05, 0.1) is 5.56 Å². The molecule has 0 bridgehead atoms. The van der Waals surface area contributed by atoms with Gasteiger partial charge in [0.1, 0.15) is 5.69 Å². The number of nitrogens with two attached hydrogens (primary N) is 1. The van der Waals surface area contributed by atoms with E-state index >= 15 is 0 Å². The van der Waals surface area contributed by atoms with E-state index in [4.69, 9.17) is 10.3 Å². The Morgan fingerprint density at radius 2 is 1.52 bits per heavy atom. The summed E-state index contributed by atoms with van der Waals surface area (Å²) in [5.41, 5.74) is 9.35. The summed E-state index contributed by atoms with van der Waals surface area (Å²) in [5.74, 6) is 0.305. The first kappa shape index (κ1) is 14.8. The van der Waals surface area contributed by atoms with Crippen molar-refractivity contribution >= 4 is 53.7 Å². The predicted octanol–water partition coefficient (Wildman–Crippen LogP) is 5.88. The molecule has 0 amide bonds. The fourth-order valence-corrected chi connectivity index (χ4v) is 3.81. The Morgan fingerprint density at radius 1 is 0.857 bits per heavy atom. The summed E-state index contributed by atoms with van der Waals surface area (Å²) in [6.45, 7) is 0. The van der Waals surface area contributed by atoms with Crippen LogP contribution in [0.3, 0.4) is 0 Å².